The van der Waals surface area contributed by atoms with Crippen LogP contribution >= 0.6 is 0 Å². The van der Waals surface area contributed by atoms with Crippen LogP contribution in [0.5, 0.6) is 0 Å². The second kappa shape index (κ2) is 5.38. The van der Waals surface area contributed by atoms with E-state index in [0.717, 1.165) is 5.56 Å². The van der Waals surface area contributed by atoms with Crippen LogP contribution in [0.25, 0.3) is 0 Å². The summed E-state index contributed by atoms with van der Waals surface area (Å²) in [5, 5.41) is 0. The summed E-state index contributed by atoms with van der Waals surface area (Å²) in [6, 6.07) is 4.84. The van der Waals surface area contributed by atoms with Gasteiger partial charge in [0.2, 0.25) is 0 Å². The summed E-state index contributed by atoms with van der Waals surface area (Å²) in [6.07, 6.45) is 0. The van der Waals surface area contributed by atoms with Gasteiger partial charge in [0.1, 0.15) is 10.6 Å². The Hall–Kier alpha value is -0.580. The van der Waals surface area contributed by atoms with Crippen molar-refractivity contribution in [1.82, 2.24) is 4.72 Å². The number of benzene rings is 1. The normalized spacial score (nSPS) is 15.7. The SMILES string of the molecule is Cc1c(F)cccc1[C@H](C)N[S+]([O-])C(C)(C)C. The summed E-state index contributed by atoms with van der Waals surface area (Å²) in [4.78, 5) is 0. The van der Waals surface area contributed by atoms with E-state index < -0.39 is 11.4 Å². The molecule has 2 atom stereocenters. The minimum Gasteiger partial charge on any atom is -0.598 e. The van der Waals surface area contributed by atoms with Crippen molar-refractivity contribution in [2.75, 3.05) is 0 Å². The minimum atomic E-state index is -1.16. The molecule has 0 saturated carbocycles. The van der Waals surface area contributed by atoms with Crippen LogP contribution in [0.2, 0.25) is 0 Å². The molecule has 17 heavy (non-hydrogen) atoms. The predicted molar refractivity (Wildman–Crippen MR) is 70.6 cm³/mol. The average molecular weight is 257 g/mol. The van der Waals surface area contributed by atoms with E-state index in [2.05, 4.69) is 4.72 Å². The molecule has 1 N–H and O–H groups in total. The zero-order chi connectivity index (χ0) is 13.2. The lowest BCUT2D eigenvalue weighted by Crippen LogP contribution is -2.40. The zero-order valence-electron chi connectivity index (χ0n) is 11.0. The molecule has 1 aromatic rings. The van der Waals surface area contributed by atoms with Gasteiger partial charge in [0, 0.05) is 11.4 Å². The highest BCUT2D eigenvalue weighted by atomic mass is 32.2. The van der Waals surface area contributed by atoms with E-state index in [-0.39, 0.29) is 16.6 Å². The van der Waals surface area contributed by atoms with Crippen LogP contribution in [0, 0.1) is 12.7 Å². The quantitative estimate of drug-likeness (QED) is 0.844. The fourth-order valence-electron chi connectivity index (χ4n) is 1.49. The van der Waals surface area contributed by atoms with Crippen molar-refractivity contribution in [1.29, 1.82) is 0 Å². The van der Waals surface area contributed by atoms with Crippen molar-refractivity contribution in [3.8, 4) is 0 Å². The van der Waals surface area contributed by atoms with Gasteiger partial charge in [-0.3, -0.25) is 0 Å². The third kappa shape index (κ3) is 3.69. The first-order valence-electron chi connectivity index (χ1n) is 5.66. The van der Waals surface area contributed by atoms with Gasteiger partial charge in [-0.05, 0) is 51.8 Å². The Balaban J connectivity index is 2.84. The van der Waals surface area contributed by atoms with Gasteiger partial charge < -0.3 is 4.55 Å². The summed E-state index contributed by atoms with van der Waals surface area (Å²) in [5.74, 6) is -0.224. The molecule has 0 aliphatic heterocycles. The molecule has 96 valence electrons. The maximum absolute atomic E-state index is 13.4. The molecule has 0 fully saturated rings. The molecule has 0 aliphatic carbocycles. The molecule has 0 spiro atoms. The van der Waals surface area contributed by atoms with Crippen molar-refractivity contribution in [2.24, 2.45) is 0 Å². The molecule has 1 aromatic carbocycles. The Kier molecular flexibility index (Phi) is 4.58. The summed E-state index contributed by atoms with van der Waals surface area (Å²) >= 11 is -1.16. The van der Waals surface area contributed by atoms with E-state index in [4.69, 9.17) is 0 Å². The molecule has 2 nitrogen and oxygen atoms in total. The van der Waals surface area contributed by atoms with Gasteiger partial charge in [0.25, 0.3) is 0 Å². The molecular formula is C13H20FNOS. The van der Waals surface area contributed by atoms with E-state index in [9.17, 15) is 8.94 Å². The molecule has 0 saturated heterocycles. The van der Waals surface area contributed by atoms with Gasteiger partial charge in [-0.1, -0.05) is 12.1 Å². The highest BCUT2D eigenvalue weighted by Crippen LogP contribution is 2.23. The van der Waals surface area contributed by atoms with Gasteiger partial charge in [0.05, 0.1) is 6.04 Å². The predicted octanol–water partition coefficient (Wildman–Crippen LogP) is 3.25. The lowest BCUT2D eigenvalue weighted by atomic mass is 10.0. The second-order valence-corrected chi connectivity index (χ2v) is 7.17. The maximum atomic E-state index is 13.4. The third-order valence-electron chi connectivity index (χ3n) is 2.62. The summed E-state index contributed by atoms with van der Waals surface area (Å²) in [5.41, 5.74) is 1.46. The molecule has 0 radical (unpaired) electrons. The van der Waals surface area contributed by atoms with Crippen LogP contribution in [0.3, 0.4) is 0 Å². The Morgan fingerprint density at radius 2 is 1.94 bits per heavy atom. The standard InChI is InChI=1S/C13H20FNOS/c1-9-11(7-6-8-12(9)14)10(2)15-17(16)13(3,4)5/h6-8,10,15H,1-5H3/t10-,17?/m0/s1. The summed E-state index contributed by atoms with van der Waals surface area (Å²) < 4.78 is 28.0. The highest BCUT2D eigenvalue weighted by Gasteiger charge is 2.28. The van der Waals surface area contributed by atoms with Crippen molar-refractivity contribution in [2.45, 2.75) is 45.4 Å². The van der Waals surface area contributed by atoms with Crippen LogP contribution in [-0.4, -0.2) is 9.30 Å². The monoisotopic (exact) mass is 257 g/mol. The molecular weight excluding hydrogens is 237 g/mol. The van der Waals surface area contributed by atoms with Crippen LogP contribution in [-0.2, 0) is 11.4 Å². The Labute approximate surface area is 106 Å². The molecule has 0 aromatic heterocycles. The van der Waals surface area contributed by atoms with Crippen LogP contribution < -0.4 is 4.72 Å². The summed E-state index contributed by atoms with van der Waals surface area (Å²) in [7, 11) is 0. The Bertz CT molecular complexity index is 389. The fraction of sp³-hybridized carbons (Fsp3) is 0.538. The van der Waals surface area contributed by atoms with Gasteiger partial charge in [-0.2, -0.15) is 0 Å². The number of nitrogens with one attached hydrogen (secondary N) is 1. The zero-order valence-corrected chi connectivity index (χ0v) is 11.8. The lowest BCUT2D eigenvalue weighted by Gasteiger charge is -2.27. The maximum Gasteiger partial charge on any atom is 0.136 e. The number of halogens is 1. The van der Waals surface area contributed by atoms with E-state index >= 15 is 0 Å². The largest absolute Gasteiger partial charge is 0.598 e. The van der Waals surface area contributed by atoms with E-state index in [1.165, 1.54) is 6.07 Å². The van der Waals surface area contributed by atoms with E-state index in [1.54, 1.807) is 13.0 Å². The van der Waals surface area contributed by atoms with Gasteiger partial charge in [0.15, 0.2) is 0 Å². The van der Waals surface area contributed by atoms with Crippen LogP contribution in [0.1, 0.15) is 44.9 Å². The smallest absolute Gasteiger partial charge is 0.136 e. The van der Waals surface area contributed by atoms with Gasteiger partial charge in [-0.25, -0.2) is 4.39 Å². The second-order valence-electron chi connectivity index (χ2n) is 5.17. The average Bonchev–Trinajstić information content (AvgIpc) is 2.20. The van der Waals surface area contributed by atoms with Crippen LogP contribution in [0.4, 0.5) is 4.39 Å². The van der Waals surface area contributed by atoms with Crippen molar-refractivity contribution >= 4 is 11.4 Å². The lowest BCUT2D eigenvalue weighted by molar-refractivity contribution is 0.529. The Morgan fingerprint density at radius 1 is 1.35 bits per heavy atom. The highest BCUT2D eigenvalue weighted by molar-refractivity contribution is 7.90. The van der Waals surface area contributed by atoms with Gasteiger partial charge in [-0.15, -0.1) is 4.72 Å². The molecule has 0 bridgehead atoms. The molecule has 0 aliphatic rings. The van der Waals surface area contributed by atoms with Gasteiger partial charge >= 0.3 is 0 Å². The number of rotatable bonds is 3. The minimum absolute atomic E-state index is 0.134. The van der Waals surface area contributed by atoms with Crippen molar-refractivity contribution < 1.29 is 8.94 Å². The van der Waals surface area contributed by atoms with E-state index in [0.29, 0.717) is 5.56 Å². The third-order valence-corrected chi connectivity index (χ3v) is 4.30. The number of hydrogen-bond donors (Lipinski definition) is 1. The van der Waals surface area contributed by atoms with Crippen molar-refractivity contribution in [3.63, 3.8) is 0 Å². The summed E-state index contributed by atoms with van der Waals surface area (Å²) in [6.45, 7) is 9.35. The van der Waals surface area contributed by atoms with Crippen LogP contribution in [0.15, 0.2) is 18.2 Å². The molecule has 4 heteroatoms. The molecule has 1 rings (SSSR count). The number of hydrogen-bond acceptors (Lipinski definition) is 2. The Morgan fingerprint density at radius 3 is 2.47 bits per heavy atom. The fourth-order valence-corrected chi connectivity index (χ4v) is 2.30. The van der Waals surface area contributed by atoms with Crippen molar-refractivity contribution in [3.05, 3.63) is 35.1 Å². The molecule has 0 amide bonds. The first-order chi connectivity index (χ1) is 7.73. The first-order valence-corrected chi connectivity index (χ1v) is 6.81. The molecule has 1 unspecified atom stereocenters. The van der Waals surface area contributed by atoms with E-state index in [1.807, 2.05) is 33.8 Å². The first kappa shape index (κ1) is 14.5. The topological polar surface area (TPSA) is 35.1 Å². The molecule has 0 heterocycles.